The third kappa shape index (κ3) is 3.58. The number of halogens is 1. The zero-order valence-electron chi connectivity index (χ0n) is 14.5. The summed E-state index contributed by atoms with van der Waals surface area (Å²) in [5, 5.41) is 0.830. The van der Waals surface area contributed by atoms with Gasteiger partial charge in [-0.15, -0.1) is 0 Å². The lowest BCUT2D eigenvalue weighted by atomic mass is 10.1. The molecular weight excluding hydrogens is 356 g/mol. The summed E-state index contributed by atoms with van der Waals surface area (Å²) in [4.78, 5) is 24.7. The van der Waals surface area contributed by atoms with E-state index >= 15 is 0 Å². The van der Waals surface area contributed by atoms with Crippen LogP contribution in [-0.2, 0) is 4.74 Å². The van der Waals surface area contributed by atoms with Gasteiger partial charge in [0, 0.05) is 5.39 Å². The smallest absolute Gasteiger partial charge is 0.345 e. The van der Waals surface area contributed by atoms with Gasteiger partial charge in [0.2, 0.25) is 0 Å². The number of aryl methyl sites for hydroxylation is 1. The van der Waals surface area contributed by atoms with Gasteiger partial charge in [-0.25, -0.2) is 9.59 Å². The first-order chi connectivity index (χ1) is 12.4. The molecule has 0 amide bonds. The predicted octanol–water partition coefficient (Wildman–Crippen LogP) is 5.18. The molecule has 0 bridgehead atoms. The topological polar surface area (TPSA) is 65.7 Å². The Morgan fingerprint density at radius 2 is 1.81 bits per heavy atom. The number of ether oxygens (including phenoxy) is 2. The van der Waals surface area contributed by atoms with Crippen molar-refractivity contribution in [3.05, 3.63) is 64.4 Å². The van der Waals surface area contributed by atoms with Gasteiger partial charge >= 0.3 is 11.9 Å². The second kappa shape index (κ2) is 7.22. The number of carbonyl (C=O) groups is 2. The van der Waals surface area contributed by atoms with Crippen LogP contribution in [0.1, 0.15) is 40.3 Å². The molecule has 3 rings (SSSR count). The number of furan rings is 1. The van der Waals surface area contributed by atoms with Gasteiger partial charge in [-0.05, 0) is 51.1 Å². The van der Waals surface area contributed by atoms with Crippen LogP contribution in [0.2, 0.25) is 5.02 Å². The van der Waals surface area contributed by atoms with Crippen LogP contribution in [0.3, 0.4) is 0 Å². The van der Waals surface area contributed by atoms with Gasteiger partial charge in [0.1, 0.15) is 22.7 Å². The van der Waals surface area contributed by atoms with Crippen LogP contribution in [-0.4, -0.2) is 18.0 Å². The Bertz CT molecular complexity index is 987. The van der Waals surface area contributed by atoms with E-state index in [0.717, 1.165) is 0 Å². The molecule has 0 radical (unpaired) electrons. The number of hydrogen-bond donors (Lipinski definition) is 0. The number of fused-ring (bicyclic) bond motifs is 1. The highest BCUT2D eigenvalue weighted by Crippen LogP contribution is 2.30. The van der Waals surface area contributed by atoms with Gasteiger partial charge in [-0.1, -0.05) is 23.7 Å². The van der Waals surface area contributed by atoms with Crippen LogP contribution in [0.4, 0.5) is 0 Å². The van der Waals surface area contributed by atoms with E-state index in [1.165, 1.54) is 0 Å². The number of esters is 2. The minimum absolute atomic E-state index is 0.256. The molecule has 1 aromatic heterocycles. The van der Waals surface area contributed by atoms with Crippen molar-refractivity contribution in [2.75, 3.05) is 0 Å². The Hall–Kier alpha value is -2.79. The largest absolute Gasteiger partial charge is 0.460 e. The summed E-state index contributed by atoms with van der Waals surface area (Å²) in [7, 11) is 0. The third-order valence-corrected chi connectivity index (χ3v) is 4.02. The van der Waals surface area contributed by atoms with Crippen molar-refractivity contribution in [3.63, 3.8) is 0 Å². The summed E-state index contributed by atoms with van der Waals surface area (Å²) in [6.45, 7) is 5.23. The van der Waals surface area contributed by atoms with E-state index in [-0.39, 0.29) is 17.4 Å². The minimum atomic E-state index is -0.582. The molecule has 0 aliphatic heterocycles. The lowest BCUT2D eigenvalue weighted by Gasteiger charge is -2.08. The fourth-order valence-corrected chi connectivity index (χ4v) is 2.79. The van der Waals surface area contributed by atoms with Crippen molar-refractivity contribution in [2.24, 2.45) is 0 Å². The van der Waals surface area contributed by atoms with E-state index in [1.807, 2.05) is 0 Å². The summed E-state index contributed by atoms with van der Waals surface area (Å²) >= 11 is 6.02. The van der Waals surface area contributed by atoms with Crippen molar-refractivity contribution in [2.45, 2.75) is 26.9 Å². The van der Waals surface area contributed by atoms with Gasteiger partial charge in [0.05, 0.1) is 16.7 Å². The van der Waals surface area contributed by atoms with E-state index in [9.17, 15) is 9.59 Å². The molecule has 5 nitrogen and oxygen atoms in total. The molecular formula is C20H17ClO5. The first kappa shape index (κ1) is 18.0. The van der Waals surface area contributed by atoms with Crippen molar-refractivity contribution in [1.82, 2.24) is 0 Å². The first-order valence-corrected chi connectivity index (χ1v) is 8.45. The van der Waals surface area contributed by atoms with Crippen LogP contribution in [0.25, 0.3) is 11.0 Å². The fraction of sp³-hybridized carbons (Fsp3) is 0.200. The Morgan fingerprint density at radius 3 is 2.50 bits per heavy atom. The van der Waals surface area contributed by atoms with E-state index in [1.54, 1.807) is 63.2 Å². The summed E-state index contributed by atoms with van der Waals surface area (Å²) in [5.74, 6) is -0.339. The van der Waals surface area contributed by atoms with E-state index in [2.05, 4.69) is 0 Å². The standard InChI is InChI=1S/C20H17ClO5/c1-11(2)24-20(23)18-12(3)25-17-9-8-13(10-15(17)18)26-19(22)14-6-4-5-7-16(14)21/h4-11H,1-3H3. The molecule has 134 valence electrons. The molecule has 1 heterocycles. The monoisotopic (exact) mass is 372 g/mol. The molecule has 0 unspecified atom stereocenters. The molecule has 0 aliphatic carbocycles. The van der Waals surface area contributed by atoms with Crippen molar-refractivity contribution in [3.8, 4) is 5.75 Å². The van der Waals surface area contributed by atoms with Gasteiger partial charge in [-0.3, -0.25) is 0 Å². The average molecular weight is 373 g/mol. The lowest BCUT2D eigenvalue weighted by Crippen LogP contribution is -2.12. The second-order valence-corrected chi connectivity index (χ2v) is 6.42. The van der Waals surface area contributed by atoms with E-state index in [0.29, 0.717) is 27.3 Å². The molecule has 0 atom stereocenters. The molecule has 0 fully saturated rings. The van der Waals surface area contributed by atoms with E-state index in [4.69, 9.17) is 25.5 Å². The molecule has 2 aromatic carbocycles. The van der Waals surface area contributed by atoms with Gasteiger partial charge < -0.3 is 13.9 Å². The molecule has 0 saturated carbocycles. The molecule has 6 heteroatoms. The van der Waals surface area contributed by atoms with Gasteiger partial charge in [-0.2, -0.15) is 0 Å². The van der Waals surface area contributed by atoms with Crippen LogP contribution >= 0.6 is 11.6 Å². The Morgan fingerprint density at radius 1 is 1.08 bits per heavy atom. The predicted molar refractivity (Wildman–Crippen MR) is 97.9 cm³/mol. The Labute approximate surface area is 155 Å². The summed E-state index contributed by atoms with van der Waals surface area (Å²) < 4.78 is 16.3. The molecule has 0 spiro atoms. The zero-order valence-corrected chi connectivity index (χ0v) is 15.3. The van der Waals surface area contributed by atoms with Crippen LogP contribution in [0, 0.1) is 6.92 Å². The average Bonchev–Trinajstić information content (AvgIpc) is 2.89. The van der Waals surface area contributed by atoms with Gasteiger partial charge in [0.25, 0.3) is 0 Å². The highest BCUT2D eigenvalue weighted by atomic mass is 35.5. The normalized spacial score (nSPS) is 11.0. The lowest BCUT2D eigenvalue weighted by molar-refractivity contribution is 0.0378. The fourth-order valence-electron chi connectivity index (χ4n) is 2.58. The number of hydrogen-bond acceptors (Lipinski definition) is 5. The summed E-state index contributed by atoms with van der Waals surface area (Å²) in [5.41, 5.74) is 1.09. The van der Waals surface area contributed by atoms with Crippen molar-refractivity contribution < 1.29 is 23.5 Å². The number of benzene rings is 2. The number of rotatable bonds is 4. The maximum atomic E-state index is 12.3. The highest BCUT2D eigenvalue weighted by molar-refractivity contribution is 6.33. The molecule has 3 aromatic rings. The minimum Gasteiger partial charge on any atom is -0.460 e. The molecule has 0 aliphatic rings. The SMILES string of the molecule is Cc1oc2ccc(OC(=O)c3ccccc3Cl)cc2c1C(=O)OC(C)C. The maximum Gasteiger partial charge on any atom is 0.345 e. The highest BCUT2D eigenvalue weighted by Gasteiger charge is 2.21. The number of carbonyl (C=O) groups excluding carboxylic acids is 2. The van der Waals surface area contributed by atoms with Crippen molar-refractivity contribution >= 4 is 34.5 Å². The quantitative estimate of drug-likeness (QED) is 0.466. The Kier molecular flexibility index (Phi) is 5.00. The molecule has 0 saturated heterocycles. The van der Waals surface area contributed by atoms with E-state index < -0.39 is 11.9 Å². The molecule has 26 heavy (non-hydrogen) atoms. The second-order valence-electron chi connectivity index (χ2n) is 6.01. The van der Waals surface area contributed by atoms with Crippen LogP contribution in [0.5, 0.6) is 5.75 Å². The van der Waals surface area contributed by atoms with Crippen LogP contribution < -0.4 is 4.74 Å². The summed E-state index contributed by atoms with van der Waals surface area (Å²) in [6.07, 6.45) is -0.256. The van der Waals surface area contributed by atoms with Crippen LogP contribution in [0.15, 0.2) is 46.9 Å². The maximum absolute atomic E-state index is 12.3. The van der Waals surface area contributed by atoms with Crippen molar-refractivity contribution in [1.29, 1.82) is 0 Å². The molecule has 0 N–H and O–H groups in total. The van der Waals surface area contributed by atoms with Gasteiger partial charge in [0.15, 0.2) is 0 Å². The third-order valence-electron chi connectivity index (χ3n) is 3.69. The first-order valence-electron chi connectivity index (χ1n) is 8.07. The Balaban J connectivity index is 1.95. The summed E-state index contributed by atoms with van der Waals surface area (Å²) in [6, 6.07) is 11.4. The zero-order chi connectivity index (χ0) is 18.8.